The Morgan fingerprint density at radius 1 is 0.909 bits per heavy atom. The highest BCUT2D eigenvalue weighted by Crippen LogP contribution is 2.26. The fourth-order valence-electron chi connectivity index (χ4n) is 3.63. The van der Waals surface area contributed by atoms with Gasteiger partial charge in [-0.1, -0.05) is 17.7 Å². The molecule has 1 aliphatic rings. The number of benzene rings is 2. The third-order valence-corrected chi connectivity index (χ3v) is 7.44. The van der Waals surface area contributed by atoms with Gasteiger partial charge in [-0.15, -0.1) is 0 Å². The summed E-state index contributed by atoms with van der Waals surface area (Å²) in [5, 5.41) is 2.72. The van der Waals surface area contributed by atoms with Crippen molar-refractivity contribution in [3.8, 4) is 0 Å². The maximum absolute atomic E-state index is 12.9. The molecule has 9 nitrogen and oxygen atoms in total. The maximum atomic E-state index is 12.9. The standard InChI is InChI=1S/C23H26N2O7S/c1-15-4-6-20(7-5-15)33(29,30)25-10-8-16(9-11-25)21(26)24-19-13-17(22(27)31-2)12-18(14-19)23(28)32-3/h4-7,12-14,16H,8-11H2,1-3H3,(H,24,26). The van der Waals surface area contributed by atoms with E-state index in [9.17, 15) is 22.8 Å². The SMILES string of the molecule is COC(=O)c1cc(NC(=O)C2CCN(S(=O)(=O)c3ccc(C)cc3)CC2)cc(C(=O)OC)c1. The molecule has 1 saturated heterocycles. The number of hydrogen-bond acceptors (Lipinski definition) is 7. The van der Waals surface area contributed by atoms with E-state index < -0.39 is 27.9 Å². The molecule has 0 bridgehead atoms. The zero-order chi connectivity index (χ0) is 24.2. The molecule has 0 radical (unpaired) electrons. The van der Waals surface area contributed by atoms with Gasteiger partial charge in [0, 0.05) is 24.7 Å². The summed E-state index contributed by atoms with van der Waals surface area (Å²) < 4.78 is 36.5. The number of anilines is 1. The number of nitrogens with one attached hydrogen (secondary N) is 1. The number of nitrogens with zero attached hydrogens (tertiary/aromatic N) is 1. The molecule has 3 rings (SSSR count). The highest BCUT2D eigenvalue weighted by Gasteiger charge is 2.32. The van der Waals surface area contributed by atoms with Crippen LogP contribution in [0.15, 0.2) is 47.4 Å². The van der Waals surface area contributed by atoms with Gasteiger partial charge in [0.15, 0.2) is 0 Å². The second-order valence-corrected chi connectivity index (χ2v) is 9.70. The van der Waals surface area contributed by atoms with Gasteiger partial charge < -0.3 is 14.8 Å². The van der Waals surface area contributed by atoms with Crippen LogP contribution in [0.5, 0.6) is 0 Å². The predicted molar refractivity (Wildman–Crippen MR) is 120 cm³/mol. The molecule has 0 aromatic heterocycles. The average Bonchev–Trinajstić information content (AvgIpc) is 2.83. The molecule has 0 atom stereocenters. The van der Waals surface area contributed by atoms with Crippen LogP contribution in [0.3, 0.4) is 0 Å². The first-order chi connectivity index (χ1) is 15.6. The minimum absolute atomic E-state index is 0.0923. The normalized spacial score (nSPS) is 15.0. The molecule has 33 heavy (non-hydrogen) atoms. The first-order valence-electron chi connectivity index (χ1n) is 10.3. The van der Waals surface area contributed by atoms with Crippen LogP contribution >= 0.6 is 0 Å². The van der Waals surface area contributed by atoms with Crippen LogP contribution in [-0.4, -0.2) is 57.9 Å². The van der Waals surface area contributed by atoms with E-state index in [-0.39, 0.29) is 40.7 Å². The molecule has 1 aliphatic heterocycles. The molecule has 1 N–H and O–H groups in total. The van der Waals surface area contributed by atoms with Gasteiger partial charge in [0.2, 0.25) is 15.9 Å². The van der Waals surface area contributed by atoms with Gasteiger partial charge in [-0.25, -0.2) is 18.0 Å². The van der Waals surface area contributed by atoms with Crippen LogP contribution in [0, 0.1) is 12.8 Å². The number of piperidine rings is 1. The van der Waals surface area contributed by atoms with Crippen LogP contribution in [-0.2, 0) is 24.3 Å². The quantitative estimate of drug-likeness (QED) is 0.639. The van der Waals surface area contributed by atoms with Gasteiger partial charge in [-0.2, -0.15) is 4.31 Å². The zero-order valence-electron chi connectivity index (χ0n) is 18.7. The molecule has 0 unspecified atom stereocenters. The van der Waals surface area contributed by atoms with E-state index in [2.05, 4.69) is 5.32 Å². The predicted octanol–water partition coefficient (Wildman–Crippen LogP) is 2.61. The monoisotopic (exact) mass is 474 g/mol. The van der Waals surface area contributed by atoms with Gasteiger partial charge in [-0.3, -0.25) is 4.79 Å². The molecule has 0 spiro atoms. The number of sulfonamides is 1. The lowest BCUT2D eigenvalue weighted by atomic mass is 9.97. The van der Waals surface area contributed by atoms with E-state index in [0.717, 1.165) is 5.56 Å². The van der Waals surface area contributed by atoms with Crippen LogP contribution < -0.4 is 5.32 Å². The Hall–Kier alpha value is -3.24. The number of esters is 2. The molecule has 0 saturated carbocycles. The average molecular weight is 475 g/mol. The first kappa shape index (κ1) is 24.4. The highest BCUT2D eigenvalue weighted by molar-refractivity contribution is 7.89. The number of carbonyl (C=O) groups excluding carboxylic acids is 3. The van der Waals surface area contributed by atoms with Crippen molar-refractivity contribution >= 4 is 33.6 Å². The summed E-state index contributed by atoms with van der Waals surface area (Å²) in [7, 11) is -1.20. The van der Waals surface area contributed by atoms with Crippen LogP contribution in [0.1, 0.15) is 39.1 Å². The molecule has 2 aromatic rings. The Bertz CT molecular complexity index is 1120. The fraction of sp³-hybridized carbons (Fsp3) is 0.348. The molecular formula is C23H26N2O7S. The van der Waals surface area contributed by atoms with Crippen molar-refractivity contribution < 1.29 is 32.3 Å². The van der Waals surface area contributed by atoms with Crippen molar-refractivity contribution in [2.45, 2.75) is 24.7 Å². The number of ether oxygens (including phenoxy) is 2. The first-order valence-corrected chi connectivity index (χ1v) is 11.8. The topological polar surface area (TPSA) is 119 Å². The Morgan fingerprint density at radius 3 is 1.91 bits per heavy atom. The lowest BCUT2D eigenvalue weighted by molar-refractivity contribution is -0.120. The molecular weight excluding hydrogens is 448 g/mol. The van der Waals surface area contributed by atoms with Gasteiger partial charge in [0.1, 0.15) is 0 Å². The lowest BCUT2D eigenvalue weighted by Gasteiger charge is -2.30. The van der Waals surface area contributed by atoms with Crippen molar-refractivity contribution in [3.63, 3.8) is 0 Å². The number of methoxy groups -OCH3 is 2. The van der Waals surface area contributed by atoms with Crippen molar-refractivity contribution in [1.29, 1.82) is 0 Å². The van der Waals surface area contributed by atoms with Gasteiger partial charge in [0.25, 0.3) is 0 Å². The smallest absolute Gasteiger partial charge is 0.337 e. The number of aryl methyl sites for hydroxylation is 1. The summed E-state index contributed by atoms with van der Waals surface area (Å²) in [6.07, 6.45) is 0.689. The van der Waals surface area contributed by atoms with E-state index in [1.54, 1.807) is 24.3 Å². The molecule has 1 amide bonds. The van der Waals surface area contributed by atoms with E-state index in [0.29, 0.717) is 12.8 Å². The summed E-state index contributed by atoms with van der Waals surface area (Å²) in [4.78, 5) is 36.9. The van der Waals surface area contributed by atoms with Crippen molar-refractivity contribution in [3.05, 3.63) is 59.2 Å². The Kier molecular flexibility index (Phi) is 7.50. The maximum Gasteiger partial charge on any atom is 0.337 e. The molecule has 1 fully saturated rings. The second-order valence-electron chi connectivity index (χ2n) is 7.76. The molecule has 10 heteroatoms. The molecule has 1 heterocycles. The van der Waals surface area contributed by atoms with Crippen molar-refractivity contribution in [2.24, 2.45) is 5.92 Å². The van der Waals surface area contributed by atoms with E-state index in [1.165, 1.54) is 36.7 Å². The van der Waals surface area contributed by atoms with Crippen molar-refractivity contribution in [2.75, 3.05) is 32.6 Å². The van der Waals surface area contributed by atoms with E-state index >= 15 is 0 Å². The second kappa shape index (κ2) is 10.1. The molecule has 2 aromatic carbocycles. The fourth-order valence-corrected chi connectivity index (χ4v) is 5.10. The largest absolute Gasteiger partial charge is 0.465 e. The third-order valence-electron chi connectivity index (χ3n) is 5.53. The Balaban J connectivity index is 1.69. The number of rotatable bonds is 6. The Labute approximate surface area is 192 Å². The number of amides is 1. The van der Waals surface area contributed by atoms with Crippen LogP contribution in [0.4, 0.5) is 5.69 Å². The minimum atomic E-state index is -3.62. The third kappa shape index (κ3) is 5.58. The van der Waals surface area contributed by atoms with Gasteiger partial charge in [-0.05, 0) is 50.1 Å². The summed E-state index contributed by atoms with van der Waals surface area (Å²) in [5.41, 5.74) is 1.40. The number of carbonyl (C=O) groups is 3. The van der Waals surface area contributed by atoms with Crippen LogP contribution in [0.25, 0.3) is 0 Å². The lowest BCUT2D eigenvalue weighted by Crippen LogP contribution is -2.41. The summed E-state index contributed by atoms with van der Waals surface area (Å²) in [6, 6.07) is 10.8. The van der Waals surface area contributed by atoms with Gasteiger partial charge in [0.05, 0.1) is 30.2 Å². The highest BCUT2D eigenvalue weighted by atomic mass is 32.2. The molecule has 176 valence electrons. The van der Waals surface area contributed by atoms with Gasteiger partial charge >= 0.3 is 11.9 Å². The zero-order valence-corrected chi connectivity index (χ0v) is 19.5. The van der Waals surface area contributed by atoms with Crippen LogP contribution in [0.2, 0.25) is 0 Å². The molecule has 0 aliphatic carbocycles. The minimum Gasteiger partial charge on any atom is -0.465 e. The van der Waals surface area contributed by atoms with E-state index in [1.807, 2.05) is 6.92 Å². The summed E-state index contributed by atoms with van der Waals surface area (Å²) in [5.74, 6) is -2.06. The van der Waals surface area contributed by atoms with Crippen molar-refractivity contribution in [1.82, 2.24) is 4.31 Å². The number of hydrogen-bond donors (Lipinski definition) is 1. The summed E-state index contributed by atoms with van der Waals surface area (Å²) >= 11 is 0. The summed E-state index contributed by atoms with van der Waals surface area (Å²) in [6.45, 7) is 2.31. The van der Waals surface area contributed by atoms with E-state index in [4.69, 9.17) is 9.47 Å². The Morgan fingerprint density at radius 2 is 1.42 bits per heavy atom.